The number of phenols is 1. The van der Waals surface area contributed by atoms with E-state index in [2.05, 4.69) is 4.98 Å². The van der Waals surface area contributed by atoms with Gasteiger partial charge in [-0.05, 0) is 36.4 Å². The third kappa shape index (κ3) is 3.65. The van der Waals surface area contributed by atoms with Gasteiger partial charge in [0.1, 0.15) is 16.3 Å². The molecule has 2 aliphatic heterocycles. The number of carbonyl (C=O) groups excluding carboxylic acids is 1. The van der Waals surface area contributed by atoms with Crippen LogP contribution >= 0.6 is 0 Å². The molecule has 33 heavy (non-hydrogen) atoms. The number of sulfone groups is 1. The van der Waals surface area contributed by atoms with Crippen LogP contribution in [-0.4, -0.2) is 74.0 Å². The molecule has 0 saturated carbocycles. The highest BCUT2D eigenvalue weighted by Crippen LogP contribution is 2.38. The number of sulfonamides is 1. The lowest BCUT2D eigenvalue weighted by Gasteiger charge is -2.42. The van der Waals surface area contributed by atoms with Gasteiger partial charge in [0.05, 0.1) is 10.4 Å². The molecule has 9 nitrogen and oxygen atoms in total. The quantitative estimate of drug-likeness (QED) is 0.591. The summed E-state index contributed by atoms with van der Waals surface area (Å²) in [5, 5.41) is 10.3. The maximum absolute atomic E-state index is 13.3. The largest absolute Gasteiger partial charge is 0.508 e. The van der Waals surface area contributed by atoms with E-state index in [1.54, 1.807) is 29.2 Å². The molecule has 2 aromatic carbocycles. The number of pyridine rings is 1. The summed E-state index contributed by atoms with van der Waals surface area (Å²) in [7, 11) is -7.77. The number of hydrogen-bond acceptors (Lipinski definition) is 7. The number of hydrogen-bond donors (Lipinski definition) is 1. The molecule has 2 fully saturated rings. The molecule has 11 heteroatoms. The summed E-state index contributed by atoms with van der Waals surface area (Å²) in [4.78, 5) is 18.6. The van der Waals surface area contributed by atoms with Crippen LogP contribution < -0.4 is 0 Å². The summed E-state index contributed by atoms with van der Waals surface area (Å²) in [6, 6.07) is 13.1. The van der Waals surface area contributed by atoms with Crippen LogP contribution in [0.25, 0.3) is 10.9 Å². The molecule has 3 aromatic rings. The number of aromatic hydroxyl groups is 1. The van der Waals surface area contributed by atoms with E-state index in [1.807, 2.05) is 0 Å². The fourth-order valence-corrected chi connectivity index (χ4v) is 7.86. The highest BCUT2D eigenvalue weighted by molar-refractivity contribution is 7.93. The second-order valence-electron chi connectivity index (χ2n) is 8.40. The molecule has 2 atom stereocenters. The molecule has 0 aliphatic carbocycles. The molecular formula is C22H21N3O6S2. The molecular weight excluding hydrogens is 466 g/mol. The number of likely N-dealkylation sites (tertiary alicyclic amines) is 1. The van der Waals surface area contributed by atoms with Crippen molar-refractivity contribution >= 4 is 36.7 Å². The Morgan fingerprint density at radius 1 is 0.970 bits per heavy atom. The first-order chi connectivity index (χ1) is 15.6. The SMILES string of the molecule is CS(=O)(=O)c1ccccc1S(=O)(=O)N1C[C@@H]2CN(C(=O)c3ccc4cc(O)ccc4n3)C[C@H]21. The van der Waals surface area contributed by atoms with Crippen molar-refractivity contribution in [2.24, 2.45) is 5.92 Å². The first-order valence-electron chi connectivity index (χ1n) is 10.3. The van der Waals surface area contributed by atoms with Gasteiger partial charge < -0.3 is 10.0 Å². The Balaban J connectivity index is 1.38. The third-order valence-electron chi connectivity index (χ3n) is 6.21. The molecule has 2 saturated heterocycles. The zero-order valence-corrected chi connectivity index (χ0v) is 19.3. The van der Waals surface area contributed by atoms with Gasteiger partial charge in [0.15, 0.2) is 9.84 Å². The van der Waals surface area contributed by atoms with Gasteiger partial charge in [-0.25, -0.2) is 21.8 Å². The fraction of sp³-hybridized carbons (Fsp3) is 0.273. The van der Waals surface area contributed by atoms with E-state index in [1.165, 1.54) is 34.6 Å². The lowest BCUT2D eigenvalue weighted by atomic mass is 9.96. The van der Waals surface area contributed by atoms with Gasteiger partial charge in [-0.2, -0.15) is 4.31 Å². The third-order valence-corrected chi connectivity index (χ3v) is 9.44. The monoisotopic (exact) mass is 487 g/mol. The Kier molecular flexibility index (Phi) is 4.96. The van der Waals surface area contributed by atoms with E-state index in [0.29, 0.717) is 17.4 Å². The van der Waals surface area contributed by atoms with E-state index in [0.717, 1.165) is 6.26 Å². The van der Waals surface area contributed by atoms with E-state index in [9.17, 15) is 26.7 Å². The van der Waals surface area contributed by atoms with Crippen LogP contribution in [0.15, 0.2) is 64.4 Å². The second-order valence-corrected chi connectivity index (χ2v) is 12.2. The highest BCUT2D eigenvalue weighted by atomic mass is 32.2. The van der Waals surface area contributed by atoms with Crippen LogP contribution in [-0.2, 0) is 19.9 Å². The molecule has 0 spiro atoms. The van der Waals surface area contributed by atoms with Gasteiger partial charge >= 0.3 is 0 Å². The molecule has 5 rings (SSSR count). The van der Waals surface area contributed by atoms with Crippen LogP contribution in [0.2, 0.25) is 0 Å². The summed E-state index contributed by atoms with van der Waals surface area (Å²) < 4.78 is 52.0. The number of aromatic nitrogens is 1. The summed E-state index contributed by atoms with van der Waals surface area (Å²) in [5.74, 6) is -0.210. The van der Waals surface area contributed by atoms with Crippen molar-refractivity contribution in [2.45, 2.75) is 15.8 Å². The number of amides is 1. The molecule has 172 valence electrons. The van der Waals surface area contributed by atoms with Crippen LogP contribution in [0, 0.1) is 5.92 Å². The van der Waals surface area contributed by atoms with Crippen molar-refractivity contribution in [2.75, 3.05) is 25.9 Å². The van der Waals surface area contributed by atoms with Crippen LogP contribution in [0.5, 0.6) is 5.75 Å². The highest BCUT2D eigenvalue weighted by Gasteiger charge is 2.52. The molecule has 1 N–H and O–H groups in total. The number of rotatable bonds is 4. The van der Waals surface area contributed by atoms with E-state index >= 15 is 0 Å². The van der Waals surface area contributed by atoms with Crippen LogP contribution in [0.1, 0.15) is 10.5 Å². The average Bonchev–Trinajstić information content (AvgIpc) is 3.08. The summed E-state index contributed by atoms with van der Waals surface area (Å²) in [6.45, 7) is 0.830. The number of nitrogens with zero attached hydrogens (tertiary/aromatic N) is 3. The van der Waals surface area contributed by atoms with Gasteiger partial charge in [-0.1, -0.05) is 18.2 Å². The van der Waals surface area contributed by atoms with Gasteiger partial charge in [0.25, 0.3) is 5.91 Å². The van der Waals surface area contributed by atoms with Crippen molar-refractivity contribution in [3.63, 3.8) is 0 Å². The van der Waals surface area contributed by atoms with Gasteiger partial charge in [0, 0.05) is 43.2 Å². The van der Waals surface area contributed by atoms with E-state index < -0.39 is 25.9 Å². The molecule has 0 unspecified atom stereocenters. The van der Waals surface area contributed by atoms with Crippen LogP contribution in [0.4, 0.5) is 0 Å². The second kappa shape index (κ2) is 7.51. The Hall–Kier alpha value is -3.02. The predicted octanol–water partition coefficient (Wildman–Crippen LogP) is 1.49. The first-order valence-corrected chi connectivity index (χ1v) is 13.6. The molecule has 0 radical (unpaired) electrons. The molecule has 3 heterocycles. The summed E-state index contributed by atoms with van der Waals surface area (Å²) in [6.07, 6.45) is 0.980. The maximum atomic E-state index is 13.3. The Morgan fingerprint density at radius 3 is 2.42 bits per heavy atom. The van der Waals surface area contributed by atoms with Crippen molar-refractivity contribution < 1.29 is 26.7 Å². The molecule has 1 amide bonds. The zero-order valence-electron chi connectivity index (χ0n) is 17.6. The van der Waals surface area contributed by atoms with Crippen LogP contribution in [0.3, 0.4) is 0 Å². The summed E-state index contributed by atoms with van der Waals surface area (Å²) >= 11 is 0. The van der Waals surface area contributed by atoms with E-state index in [4.69, 9.17) is 0 Å². The van der Waals surface area contributed by atoms with Gasteiger partial charge in [-0.3, -0.25) is 4.79 Å². The lowest BCUT2D eigenvalue weighted by molar-refractivity contribution is 0.0783. The summed E-state index contributed by atoms with van der Waals surface area (Å²) in [5.41, 5.74) is 0.814. The van der Waals surface area contributed by atoms with Gasteiger partial charge in [0.2, 0.25) is 10.0 Å². The molecule has 2 aliphatic rings. The minimum atomic E-state index is -4.04. The van der Waals surface area contributed by atoms with Crippen molar-refractivity contribution in [3.05, 3.63) is 60.3 Å². The van der Waals surface area contributed by atoms with E-state index in [-0.39, 0.29) is 46.1 Å². The smallest absolute Gasteiger partial charge is 0.272 e. The molecule has 1 aromatic heterocycles. The maximum Gasteiger partial charge on any atom is 0.272 e. The predicted molar refractivity (Wildman–Crippen MR) is 120 cm³/mol. The zero-order chi connectivity index (χ0) is 23.5. The van der Waals surface area contributed by atoms with Gasteiger partial charge in [-0.15, -0.1) is 0 Å². The minimum Gasteiger partial charge on any atom is -0.508 e. The standard InChI is InChI=1S/C22H21N3O6S2/c1-32(28,29)20-4-2-3-5-21(20)33(30,31)25-12-15-11-24(13-19(15)25)22(27)18-8-6-14-10-16(26)7-9-17(14)23-18/h2-10,15,19,26H,11-13H2,1H3/t15-,19+/m0/s1. The number of fused-ring (bicyclic) bond motifs is 2. The number of benzene rings is 2. The fourth-order valence-electron chi connectivity index (χ4n) is 4.52. The topological polar surface area (TPSA) is 125 Å². The minimum absolute atomic E-state index is 0.0217. The Morgan fingerprint density at radius 2 is 1.70 bits per heavy atom. The Labute approximate surface area is 191 Å². The van der Waals surface area contributed by atoms with Crippen molar-refractivity contribution in [1.29, 1.82) is 0 Å². The van der Waals surface area contributed by atoms with Crippen molar-refractivity contribution in [3.8, 4) is 5.75 Å². The normalized spacial score (nSPS) is 21.1. The van der Waals surface area contributed by atoms with Crippen molar-refractivity contribution in [1.82, 2.24) is 14.2 Å². The Bertz CT molecular complexity index is 1500. The lowest BCUT2D eigenvalue weighted by Crippen LogP contribution is -2.57. The number of phenolic OH excluding ortho intramolecular Hbond substituents is 1. The average molecular weight is 488 g/mol. The number of carbonyl (C=O) groups is 1. The first kappa shape index (κ1) is 21.8. The molecule has 0 bridgehead atoms.